The SMILES string of the molecule is CC[Si](Cl)(Cl)N1CCC2CCCCC21. The summed E-state index contributed by atoms with van der Waals surface area (Å²) in [4.78, 5) is 0. The van der Waals surface area contributed by atoms with E-state index in [1.807, 2.05) is 0 Å². The highest BCUT2D eigenvalue weighted by molar-refractivity contribution is 7.44. The van der Waals surface area contributed by atoms with Crippen LogP contribution < -0.4 is 0 Å². The van der Waals surface area contributed by atoms with Crippen LogP contribution in [0, 0.1) is 5.92 Å². The van der Waals surface area contributed by atoms with Gasteiger partial charge in [0.15, 0.2) is 0 Å². The Morgan fingerprint density at radius 1 is 1.21 bits per heavy atom. The smallest absolute Gasteiger partial charge is 0.297 e. The standard InChI is InChI=1S/C10H19Cl2NSi/c1-2-14(11,12)13-8-7-9-5-3-4-6-10(9)13/h9-10H,2-8H2,1H3. The first-order valence-electron chi connectivity index (χ1n) is 5.79. The molecule has 0 aromatic rings. The quantitative estimate of drug-likeness (QED) is 0.535. The Morgan fingerprint density at radius 3 is 2.64 bits per heavy atom. The lowest BCUT2D eigenvalue weighted by Crippen LogP contribution is -2.49. The molecule has 0 spiro atoms. The largest absolute Gasteiger partial charge is 0.324 e. The van der Waals surface area contributed by atoms with Crippen molar-refractivity contribution in [3.8, 4) is 0 Å². The van der Waals surface area contributed by atoms with Gasteiger partial charge in [0.2, 0.25) is 0 Å². The van der Waals surface area contributed by atoms with Crippen LogP contribution in [0.15, 0.2) is 0 Å². The summed E-state index contributed by atoms with van der Waals surface area (Å²) in [7, 11) is 0. The molecular formula is C10H19Cl2NSi. The summed E-state index contributed by atoms with van der Waals surface area (Å²) >= 11 is 13.0. The van der Waals surface area contributed by atoms with E-state index < -0.39 is 6.86 Å². The second-order valence-electron chi connectivity index (χ2n) is 4.61. The van der Waals surface area contributed by atoms with E-state index in [2.05, 4.69) is 11.5 Å². The summed E-state index contributed by atoms with van der Waals surface area (Å²) in [5.74, 6) is 0.902. The number of nitrogens with zero attached hydrogens (tertiary/aromatic N) is 1. The van der Waals surface area contributed by atoms with Crippen LogP contribution in [0.5, 0.6) is 0 Å². The van der Waals surface area contributed by atoms with E-state index in [1.54, 1.807) is 0 Å². The highest BCUT2D eigenvalue weighted by Gasteiger charge is 2.46. The van der Waals surface area contributed by atoms with Crippen LogP contribution in [0.25, 0.3) is 0 Å². The monoisotopic (exact) mass is 251 g/mol. The normalized spacial score (nSPS) is 34.5. The van der Waals surface area contributed by atoms with Crippen LogP contribution >= 0.6 is 22.2 Å². The van der Waals surface area contributed by atoms with Crippen molar-refractivity contribution in [2.24, 2.45) is 5.92 Å². The Balaban J connectivity index is 2.07. The van der Waals surface area contributed by atoms with E-state index in [4.69, 9.17) is 22.2 Å². The topological polar surface area (TPSA) is 3.24 Å². The molecule has 0 bridgehead atoms. The molecule has 2 fully saturated rings. The molecule has 0 N–H and O–H groups in total. The molecule has 1 aliphatic carbocycles. The average Bonchev–Trinajstić information content (AvgIpc) is 2.61. The first-order chi connectivity index (χ1) is 6.65. The molecule has 1 saturated heterocycles. The molecule has 2 unspecified atom stereocenters. The third-order valence-electron chi connectivity index (χ3n) is 3.86. The van der Waals surface area contributed by atoms with Gasteiger partial charge in [-0.15, -0.1) is 22.2 Å². The first kappa shape index (κ1) is 11.2. The molecule has 1 saturated carbocycles. The van der Waals surface area contributed by atoms with Gasteiger partial charge in [-0.3, -0.25) is 4.57 Å². The third kappa shape index (κ3) is 1.99. The van der Waals surface area contributed by atoms with Crippen molar-refractivity contribution in [2.75, 3.05) is 6.54 Å². The van der Waals surface area contributed by atoms with Crippen molar-refractivity contribution in [2.45, 2.75) is 51.1 Å². The molecule has 0 radical (unpaired) electrons. The van der Waals surface area contributed by atoms with Gasteiger partial charge in [-0.25, -0.2) is 0 Å². The summed E-state index contributed by atoms with van der Waals surface area (Å²) in [6.07, 6.45) is 6.86. The number of hydrogen-bond donors (Lipinski definition) is 0. The van der Waals surface area contributed by atoms with Crippen molar-refractivity contribution in [1.29, 1.82) is 0 Å². The van der Waals surface area contributed by atoms with Crippen LogP contribution in [0.4, 0.5) is 0 Å². The van der Waals surface area contributed by atoms with Gasteiger partial charge in [0.1, 0.15) is 0 Å². The molecular weight excluding hydrogens is 233 g/mol. The van der Waals surface area contributed by atoms with E-state index in [9.17, 15) is 0 Å². The van der Waals surface area contributed by atoms with Gasteiger partial charge in [0, 0.05) is 6.04 Å². The first-order valence-corrected chi connectivity index (χ1v) is 9.97. The van der Waals surface area contributed by atoms with Gasteiger partial charge in [-0.1, -0.05) is 19.8 Å². The number of hydrogen-bond acceptors (Lipinski definition) is 1. The maximum absolute atomic E-state index is 6.48. The van der Waals surface area contributed by atoms with Crippen molar-refractivity contribution >= 4 is 29.0 Å². The van der Waals surface area contributed by atoms with Gasteiger partial charge in [0.05, 0.1) is 0 Å². The zero-order valence-electron chi connectivity index (χ0n) is 8.81. The van der Waals surface area contributed by atoms with Gasteiger partial charge >= 0.3 is 6.86 Å². The summed E-state index contributed by atoms with van der Waals surface area (Å²) in [5.41, 5.74) is 0. The molecule has 0 amide bonds. The molecule has 2 atom stereocenters. The van der Waals surface area contributed by atoms with Crippen molar-refractivity contribution in [3.63, 3.8) is 0 Å². The van der Waals surface area contributed by atoms with Gasteiger partial charge < -0.3 is 0 Å². The molecule has 0 aromatic carbocycles. The Kier molecular flexibility index (Phi) is 3.47. The molecule has 1 aliphatic heterocycles. The summed E-state index contributed by atoms with van der Waals surface area (Å²) in [5, 5.41) is 0. The fraction of sp³-hybridized carbons (Fsp3) is 1.00. The maximum Gasteiger partial charge on any atom is 0.324 e. The predicted molar refractivity (Wildman–Crippen MR) is 65.0 cm³/mol. The molecule has 1 nitrogen and oxygen atoms in total. The van der Waals surface area contributed by atoms with Crippen molar-refractivity contribution < 1.29 is 0 Å². The zero-order valence-corrected chi connectivity index (χ0v) is 11.3. The van der Waals surface area contributed by atoms with E-state index in [0.717, 1.165) is 24.5 Å². The van der Waals surface area contributed by atoms with Gasteiger partial charge in [0.25, 0.3) is 0 Å². The Hall–Kier alpha value is 0.757. The predicted octanol–water partition coefficient (Wildman–Crippen LogP) is 3.69. The third-order valence-corrected chi connectivity index (χ3v) is 9.01. The van der Waals surface area contributed by atoms with Crippen LogP contribution in [0.2, 0.25) is 6.04 Å². The molecule has 0 aromatic heterocycles. The van der Waals surface area contributed by atoms with Crippen LogP contribution in [-0.4, -0.2) is 24.0 Å². The lowest BCUT2D eigenvalue weighted by atomic mass is 9.86. The maximum atomic E-state index is 6.48. The summed E-state index contributed by atoms with van der Waals surface area (Å²) < 4.78 is 2.47. The Morgan fingerprint density at radius 2 is 1.93 bits per heavy atom. The minimum Gasteiger partial charge on any atom is -0.297 e. The molecule has 2 rings (SSSR count). The fourth-order valence-corrected chi connectivity index (χ4v) is 5.96. The van der Waals surface area contributed by atoms with E-state index >= 15 is 0 Å². The molecule has 2 aliphatic rings. The summed E-state index contributed by atoms with van der Waals surface area (Å²) in [6.45, 7) is 1.21. The lowest BCUT2D eigenvalue weighted by molar-refractivity contribution is 0.260. The molecule has 1 heterocycles. The second-order valence-corrected chi connectivity index (χ2v) is 11.6. The number of fused-ring (bicyclic) bond motifs is 1. The molecule has 14 heavy (non-hydrogen) atoms. The van der Waals surface area contributed by atoms with Crippen molar-refractivity contribution in [1.82, 2.24) is 4.57 Å². The molecule has 4 heteroatoms. The highest BCUT2D eigenvalue weighted by Crippen LogP contribution is 2.41. The van der Waals surface area contributed by atoms with Crippen LogP contribution in [-0.2, 0) is 0 Å². The minimum atomic E-state index is -2.07. The lowest BCUT2D eigenvalue weighted by Gasteiger charge is -2.37. The summed E-state index contributed by atoms with van der Waals surface area (Å²) in [6, 6.07) is 1.68. The van der Waals surface area contributed by atoms with Gasteiger partial charge in [-0.2, -0.15) is 0 Å². The van der Waals surface area contributed by atoms with Crippen LogP contribution in [0.3, 0.4) is 0 Å². The minimum absolute atomic E-state index is 0.727. The fourth-order valence-electron chi connectivity index (χ4n) is 3.02. The second kappa shape index (κ2) is 4.32. The number of rotatable bonds is 2. The average molecular weight is 252 g/mol. The van der Waals surface area contributed by atoms with E-state index in [1.165, 1.54) is 32.1 Å². The molecule has 82 valence electrons. The Labute approximate surface area is 97.3 Å². The van der Waals surface area contributed by atoms with Crippen molar-refractivity contribution in [3.05, 3.63) is 0 Å². The highest BCUT2D eigenvalue weighted by atomic mass is 35.7. The van der Waals surface area contributed by atoms with E-state index in [0.29, 0.717) is 0 Å². The van der Waals surface area contributed by atoms with Gasteiger partial charge in [-0.05, 0) is 37.8 Å². The Bertz CT molecular complexity index is 210. The van der Waals surface area contributed by atoms with E-state index in [-0.39, 0.29) is 0 Å². The zero-order chi connectivity index (χ0) is 10.2. The number of halogens is 2. The van der Waals surface area contributed by atoms with Crippen LogP contribution in [0.1, 0.15) is 39.0 Å².